The van der Waals surface area contributed by atoms with Crippen LogP contribution in [0, 0.1) is 0 Å². The van der Waals surface area contributed by atoms with Crippen LogP contribution in [0.1, 0.15) is 19.3 Å². The van der Waals surface area contributed by atoms with E-state index in [1.54, 1.807) is 33.7 Å². The number of rotatable bonds is 9. The van der Waals surface area contributed by atoms with Crippen LogP contribution in [0.5, 0.6) is 0 Å². The summed E-state index contributed by atoms with van der Waals surface area (Å²) in [5, 5.41) is 3.97. The van der Waals surface area contributed by atoms with Crippen molar-refractivity contribution < 1.29 is 19.2 Å². The zero-order chi connectivity index (χ0) is 18.1. The fourth-order valence-electron chi connectivity index (χ4n) is 1.78. The third kappa shape index (κ3) is 6.18. The van der Waals surface area contributed by atoms with E-state index in [4.69, 9.17) is 10.4 Å². The zero-order valence-corrected chi connectivity index (χ0v) is 14.7. The molecule has 1 aliphatic heterocycles. The van der Waals surface area contributed by atoms with Crippen molar-refractivity contribution in [2.45, 2.75) is 24.2 Å². The first-order chi connectivity index (χ1) is 12.1. The molecule has 0 fully saturated rings. The molecule has 0 N–H and O–H groups in total. The highest BCUT2D eigenvalue weighted by molar-refractivity contribution is 8.76. The van der Waals surface area contributed by atoms with Crippen molar-refractivity contribution in [1.29, 1.82) is 0 Å². The van der Waals surface area contributed by atoms with E-state index in [1.807, 2.05) is 12.1 Å². The standard InChI is InChI=1S/C15H14N4O4S2/c16-18-17-11-4-6-12(7-5-11)25-24-10-2-1-3-15(22)23-19-13(20)8-9-14(19)21/h4-9H,1-3,10H2. The Morgan fingerprint density at radius 1 is 1.16 bits per heavy atom. The van der Waals surface area contributed by atoms with Gasteiger partial charge in [-0.3, -0.25) is 9.59 Å². The van der Waals surface area contributed by atoms with Gasteiger partial charge in [0.2, 0.25) is 0 Å². The van der Waals surface area contributed by atoms with Crippen LogP contribution in [0.15, 0.2) is 46.4 Å². The largest absolute Gasteiger partial charge is 0.333 e. The van der Waals surface area contributed by atoms with Crippen molar-refractivity contribution in [2.75, 3.05) is 5.75 Å². The molecule has 0 unspecified atom stereocenters. The van der Waals surface area contributed by atoms with E-state index in [0.29, 0.717) is 17.2 Å². The second-order valence-electron chi connectivity index (χ2n) is 4.81. The van der Waals surface area contributed by atoms with Crippen LogP contribution in [-0.2, 0) is 19.2 Å². The summed E-state index contributed by atoms with van der Waals surface area (Å²) in [6.45, 7) is 0. The van der Waals surface area contributed by atoms with E-state index in [1.165, 1.54) is 0 Å². The van der Waals surface area contributed by atoms with Crippen LogP contribution in [0.2, 0.25) is 0 Å². The predicted molar refractivity (Wildman–Crippen MR) is 94.5 cm³/mol. The van der Waals surface area contributed by atoms with Crippen LogP contribution in [-0.4, -0.2) is 28.6 Å². The number of amides is 2. The third-order valence-corrected chi connectivity index (χ3v) is 5.44. The lowest BCUT2D eigenvalue weighted by molar-refractivity contribution is -0.196. The normalized spacial score (nSPS) is 13.0. The minimum absolute atomic E-state index is 0.142. The van der Waals surface area contributed by atoms with Gasteiger partial charge in [-0.15, -0.1) is 0 Å². The Morgan fingerprint density at radius 3 is 2.48 bits per heavy atom. The van der Waals surface area contributed by atoms with E-state index in [2.05, 4.69) is 10.0 Å². The molecular formula is C15H14N4O4S2. The summed E-state index contributed by atoms with van der Waals surface area (Å²) in [6.07, 6.45) is 3.66. The van der Waals surface area contributed by atoms with Gasteiger partial charge >= 0.3 is 5.97 Å². The van der Waals surface area contributed by atoms with Crippen molar-refractivity contribution in [2.24, 2.45) is 5.11 Å². The number of azide groups is 1. The number of benzene rings is 1. The van der Waals surface area contributed by atoms with Gasteiger partial charge in [0.25, 0.3) is 11.8 Å². The molecule has 1 aromatic carbocycles. The van der Waals surface area contributed by atoms with Crippen molar-refractivity contribution in [3.05, 3.63) is 46.9 Å². The van der Waals surface area contributed by atoms with Crippen LogP contribution in [0.4, 0.5) is 5.69 Å². The minimum atomic E-state index is -0.642. The first kappa shape index (κ1) is 18.9. The second kappa shape index (κ2) is 9.77. The number of carbonyl (C=O) groups excluding carboxylic acids is 3. The van der Waals surface area contributed by atoms with Gasteiger partial charge in [0.05, 0.1) is 0 Å². The number of carbonyl (C=O) groups is 3. The van der Waals surface area contributed by atoms with Crippen molar-refractivity contribution >= 4 is 45.1 Å². The van der Waals surface area contributed by atoms with Crippen LogP contribution >= 0.6 is 21.6 Å². The number of hydrogen-bond acceptors (Lipinski definition) is 7. The third-order valence-electron chi connectivity index (χ3n) is 2.97. The highest BCUT2D eigenvalue weighted by Crippen LogP contribution is 2.32. The molecule has 0 atom stereocenters. The highest BCUT2D eigenvalue weighted by atomic mass is 33.1. The Balaban J connectivity index is 1.57. The molecule has 0 saturated heterocycles. The Hall–Kier alpha value is -2.42. The van der Waals surface area contributed by atoms with Gasteiger partial charge in [0, 0.05) is 39.8 Å². The Bertz CT molecular complexity index is 712. The topological polar surface area (TPSA) is 112 Å². The molecule has 1 heterocycles. The molecule has 2 amide bonds. The average molecular weight is 378 g/mol. The van der Waals surface area contributed by atoms with Crippen LogP contribution < -0.4 is 0 Å². The predicted octanol–water partition coefficient (Wildman–Crippen LogP) is 3.92. The van der Waals surface area contributed by atoms with E-state index in [-0.39, 0.29) is 6.42 Å². The van der Waals surface area contributed by atoms with Gasteiger partial charge in [-0.25, -0.2) is 4.79 Å². The summed E-state index contributed by atoms with van der Waals surface area (Å²) in [5.41, 5.74) is 8.90. The van der Waals surface area contributed by atoms with Gasteiger partial charge in [0.15, 0.2) is 0 Å². The summed E-state index contributed by atoms with van der Waals surface area (Å²) in [6, 6.07) is 7.23. The van der Waals surface area contributed by atoms with E-state index in [9.17, 15) is 14.4 Å². The molecule has 0 aliphatic carbocycles. The first-order valence-corrected chi connectivity index (χ1v) is 9.63. The number of hydrogen-bond donors (Lipinski definition) is 0. The zero-order valence-electron chi connectivity index (χ0n) is 13.0. The molecule has 1 aliphatic rings. The van der Waals surface area contributed by atoms with Gasteiger partial charge in [-0.05, 0) is 30.5 Å². The molecule has 0 aromatic heterocycles. The molecule has 25 heavy (non-hydrogen) atoms. The number of imide groups is 1. The Labute approximate surface area is 151 Å². The fourth-order valence-corrected chi connectivity index (χ4v) is 3.92. The minimum Gasteiger partial charge on any atom is -0.330 e. The SMILES string of the molecule is [N-]=[N+]=Nc1ccc(SSCCCCC(=O)ON2C(=O)C=CC2=O)cc1. The lowest BCUT2D eigenvalue weighted by atomic mass is 10.2. The van der Waals surface area contributed by atoms with Gasteiger partial charge in [0.1, 0.15) is 0 Å². The lowest BCUT2D eigenvalue weighted by Crippen LogP contribution is -2.32. The molecule has 2 rings (SSSR count). The monoisotopic (exact) mass is 378 g/mol. The van der Waals surface area contributed by atoms with Crippen LogP contribution in [0.25, 0.3) is 10.4 Å². The van der Waals surface area contributed by atoms with Gasteiger partial charge in [-0.1, -0.05) is 43.9 Å². The van der Waals surface area contributed by atoms with E-state index < -0.39 is 17.8 Å². The van der Waals surface area contributed by atoms with E-state index >= 15 is 0 Å². The van der Waals surface area contributed by atoms with Crippen molar-refractivity contribution in [3.8, 4) is 0 Å². The molecule has 0 radical (unpaired) electrons. The summed E-state index contributed by atoms with van der Waals surface area (Å²) in [5.74, 6) is -1.05. The maximum absolute atomic E-state index is 11.6. The first-order valence-electron chi connectivity index (χ1n) is 7.31. The molecule has 1 aromatic rings. The molecule has 0 bridgehead atoms. The van der Waals surface area contributed by atoms with Gasteiger partial charge in [-0.2, -0.15) is 0 Å². The number of hydroxylamine groups is 2. The lowest BCUT2D eigenvalue weighted by Gasteiger charge is -2.12. The highest BCUT2D eigenvalue weighted by Gasteiger charge is 2.27. The molecule has 8 nitrogen and oxygen atoms in total. The number of unbranched alkanes of at least 4 members (excludes halogenated alkanes) is 1. The van der Waals surface area contributed by atoms with E-state index in [0.717, 1.165) is 29.2 Å². The fraction of sp³-hybridized carbons (Fsp3) is 0.267. The number of nitrogens with zero attached hydrogens (tertiary/aromatic N) is 4. The maximum atomic E-state index is 11.6. The average Bonchev–Trinajstić information content (AvgIpc) is 2.91. The Morgan fingerprint density at radius 2 is 1.84 bits per heavy atom. The quantitative estimate of drug-likeness (QED) is 0.161. The molecule has 0 saturated carbocycles. The second-order valence-corrected chi connectivity index (χ2v) is 7.30. The summed E-state index contributed by atoms with van der Waals surface area (Å²) in [4.78, 5) is 42.6. The van der Waals surface area contributed by atoms with Crippen molar-refractivity contribution in [1.82, 2.24) is 5.06 Å². The maximum Gasteiger partial charge on any atom is 0.333 e. The summed E-state index contributed by atoms with van der Waals surface area (Å²) < 4.78 is 0. The molecule has 10 heteroatoms. The summed E-state index contributed by atoms with van der Waals surface area (Å²) in [7, 11) is 3.24. The molecular weight excluding hydrogens is 364 g/mol. The Kier molecular flexibility index (Phi) is 7.39. The summed E-state index contributed by atoms with van der Waals surface area (Å²) >= 11 is 0. The smallest absolute Gasteiger partial charge is 0.330 e. The van der Waals surface area contributed by atoms with Crippen molar-refractivity contribution in [3.63, 3.8) is 0 Å². The van der Waals surface area contributed by atoms with Gasteiger partial charge < -0.3 is 4.84 Å². The molecule has 0 spiro atoms. The molecule has 130 valence electrons. The van der Waals surface area contributed by atoms with Crippen LogP contribution in [0.3, 0.4) is 0 Å².